The predicted molar refractivity (Wildman–Crippen MR) is 59.2 cm³/mol. The van der Waals surface area contributed by atoms with E-state index in [0.717, 1.165) is 5.69 Å². The van der Waals surface area contributed by atoms with Crippen LogP contribution in [0.4, 0.5) is 5.69 Å². The molecule has 0 heterocycles. The van der Waals surface area contributed by atoms with Gasteiger partial charge >= 0.3 is 0 Å². The highest BCUT2D eigenvalue weighted by Gasteiger charge is 2.06. The standard InChI is InChI=1S/C9H13NS2/c1-6-4-5-7(10)9(12-3)8(6)11-2/h4-5H,10H2,1-3H3. The molecular formula is C9H13NS2. The molecule has 1 aromatic carbocycles. The molecule has 0 saturated heterocycles. The van der Waals surface area contributed by atoms with E-state index in [9.17, 15) is 0 Å². The van der Waals surface area contributed by atoms with Crippen LogP contribution in [0.1, 0.15) is 5.56 Å². The van der Waals surface area contributed by atoms with Crippen molar-refractivity contribution in [2.45, 2.75) is 16.7 Å². The topological polar surface area (TPSA) is 26.0 Å². The van der Waals surface area contributed by atoms with Crippen molar-refractivity contribution in [3.8, 4) is 0 Å². The van der Waals surface area contributed by atoms with Crippen LogP contribution in [0.5, 0.6) is 0 Å². The second-order valence-corrected chi connectivity index (χ2v) is 4.17. The molecule has 0 saturated carbocycles. The first kappa shape index (κ1) is 9.81. The van der Waals surface area contributed by atoms with Crippen LogP contribution >= 0.6 is 23.5 Å². The van der Waals surface area contributed by atoms with E-state index in [1.807, 2.05) is 6.07 Å². The zero-order valence-electron chi connectivity index (χ0n) is 7.55. The highest BCUT2D eigenvalue weighted by Crippen LogP contribution is 2.35. The SMILES string of the molecule is CSc1c(C)ccc(N)c1SC. The van der Waals surface area contributed by atoms with Crippen LogP contribution in [0.2, 0.25) is 0 Å². The molecule has 2 N–H and O–H groups in total. The molecule has 0 aromatic heterocycles. The van der Waals surface area contributed by atoms with Gasteiger partial charge in [0, 0.05) is 15.5 Å². The molecule has 0 unspecified atom stereocenters. The second kappa shape index (κ2) is 4.10. The average molecular weight is 199 g/mol. The zero-order chi connectivity index (χ0) is 9.14. The van der Waals surface area contributed by atoms with Gasteiger partial charge in [-0.1, -0.05) is 6.07 Å². The van der Waals surface area contributed by atoms with Gasteiger partial charge in [-0.15, -0.1) is 23.5 Å². The van der Waals surface area contributed by atoms with E-state index < -0.39 is 0 Å². The van der Waals surface area contributed by atoms with Gasteiger partial charge in [-0.2, -0.15) is 0 Å². The smallest absolute Gasteiger partial charge is 0.0463 e. The van der Waals surface area contributed by atoms with Crippen molar-refractivity contribution in [2.75, 3.05) is 18.2 Å². The van der Waals surface area contributed by atoms with E-state index in [1.54, 1.807) is 23.5 Å². The van der Waals surface area contributed by atoms with E-state index in [2.05, 4.69) is 25.5 Å². The number of rotatable bonds is 2. The maximum Gasteiger partial charge on any atom is 0.0463 e. The maximum atomic E-state index is 5.84. The van der Waals surface area contributed by atoms with Crippen LogP contribution in [0.3, 0.4) is 0 Å². The molecule has 3 heteroatoms. The fourth-order valence-electron chi connectivity index (χ4n) is 1.14. The molecule has 1 rings (SSSR count). The van der Waals surface area contributed by atoms with Gasteiger partial charge in [-0.3, -0.25) is 0 Å². The third-order valence-corrected chi connectivity index (χ3v) is 3.66. The minimum atomic E-state index is 0.887. The van der Waals surface area contributed by atoms with Crippen molar-refractivity contribution in [1.82, 2.24) is 0 Å². The number of aryl methyl sites for hydroxylation is 1. The number of hydrogen-bond donors (Lipinski definition) is 1. The van der Waals surface area contributed by atoms with Gasteiger partial charge in [0.1, 0.15) is 0 Å². The first-order valence-corrected chi connectivity index (χ1v) is 6.12. The molecule has 1 aromatic rings. The van der Waals surface area contributed by atoms with Crippen molar-refractivity contribution in [1.29, 1.82) is 0 Å². The van der Waals surface area contributed by atoms with E-state index in [4.69, 9.17) is 5.73 Å². The number of anilines is 1. The summed E-state index contributed by atoms with van der Waals surface area (Å²) in [6.07, 6.45) is 4.15. The first-order chi connectivity index (χ1) is 5.70. The van der Waals surface area contributed by atoms with Crippen molar-refractivity contribution in [3.05, 3.63) is 17.7 Å². The van der Waals surface area contributed by atoms with Gasteiger partial charge < -0.3 is 5.73 Å². The molecular weight excluding hydrogens is 186 g/mol. The normalized spacial score (nSPS) is 10.2. The molecule has 0 fully saturated rings. The summed E-state index contributed by atoms with van der Waals surface area (Å²) in [4.78, 5) is 2.52. The monoisotopic (exact) mass is 199 g/mol. The predicted octanol–water partition coefficient (Wildman–Crippen LogP) is 3.02. The lowest BCUT2D eigenvalue weighted by molar-refractivity contribution is 1.18. The Morgan fingerprint density at radius 2 is 1.67 bits per heavy atom. The van der Waals surface area contributed by atoms with Gasteiger partial charge in [0.25, 0.3) is 0 Å². The summed E-state index contributed by atoms with van der Waals surface area (Å²) in [7, 11) is 0. The first-order valence-electron chi connectivity index (χ1n) is 3.67. The third kappa shape index (κ3) is 1.72. The second-order valence-electron chi connectivity index (χ2n) is 2.54. The number of hydrogen-bond acceptors (Lipinski definition) is 3. The van der Waals surface area contributed by atoms with Crippen LogP contribution in [0.25, 0.3) is 0 Å². The molecule has 0 aliphatic heterocycles. The maximum absolute atomic E-state index is 5.84. The summed E-state index contributed by atoms with van der Waals surface area (Å²) in [5.41, 5.74) is 8.04. The summed E-state index contributed by atoms with van der Waals surface area (Å²) >= 11 is 3.47. The number of nitrogens with two attached hydrogens (primary N) is 1. The minimum Gasteiger partial charge on any atom is -0.398 e. The molecule has 1 nitrogen and oxygen atoms in total. The van der Waals surface area contributed by atoms with Crippen molar-refractivity contribution >= 4 is 29.2 Å². The number of benzene rings is 1. The van der Waals surface area contributed by atoms with Crippen LogP contribution in [-0.4, -0.2) is 12.5 Å². The highest BCUT2D eigenvalue weighted by molar-refractivity contribution is 8.01. The van der Waals surface area contributed by atoms with Crippen LogP contribution in [0.15, 0.2) is 21.9 Å². The molecule has 12 heavy (non-hydrogen) atoms. The quantitative estimate of drug-likeness (QED) is 0.585. The van der Waals surface area contributed by atoms with Gasteiger partial charge in [0.15, 0.2) is 0 Å². The molecule has 66 valence electrons. The molecule has 0 atom stereocenters. The lowest BCUT2D eigenvalue weighted by atomic mass is 10.2. The van der Waals surface area contributed by atoms with Crippen LogP contribution in [-0.2, 0) is 0 Å². The van der Waals surface area contributed by atoms with E-state index >= 15 is 0 Å². The fraction of sp³-hybridized carbons (Fsp3) is 0.333. The molecule has 0 spiro atoms. The lowest BCUT2D eigenvalue weighted by Gasteiger charge is -2.10. The lowest BCUT2D eigenvalue weighted by Crippen LogP contribution is -1.92. The van der Waals surface area contributed by atoms with Crippen molar-refractivity contribution in [2.24, 2.45) is 0 Å². The van der Waals surface area contributed by atoms with Gasteiger partial charge in [0.2, 0.25) is 0 Å². The Labute approximate surface area is 82.1 Å². The Kier molecular flexibility index (Phi) is 3.35. The Balaban J connectivity index is 3.28. The number of thioether (sulfide) groups is 2. The van der Waals surface area contributed by atoms with Crippen molar-refractivity contribution in [3.63, 3.8) is 0 Å². The zero-order valence-corrected chi connectivity index (χ0v) is 9.18. The number of nitrogen functional groups attached to an aromatic ring is 1. The molecule has 0 aliphatic carbocycles. The average Bonchev–Trinajstić information content (AvgIpc) is 2.08. The minimum absolute atomic E-state index is 0.887. The highest BCUT2D eigenvalue weighted by atomic mass is 32.2. The van der Waals surface area contributed by atoms with Crippen LogP contribution in [0, 0.1) is 6.92 Å². The van der Waals surface area contributed by atoms with Crippen LogP contribution < -0.4 is 5.73 Å². The van der Waals surface area contributed by atoms with Gasteiger partial charge in [-0.25, -0.2) is 0 Å². The Morgan fingerprint density at radius 3 is 2.08 bits per heavy atom. The summed E-state index contributed by atoms with van der Waals surface area (Å²) in [5.74, 6) is 0. The summed E-state index contributed by atoms with van der Waals surface area (Å²) in [6.45, 7) is 2.12. The summed E-state index contributed by atoms with van der Waals surface area (Å²) < 4.78 is 0. The van der Waals surface area contributed by atoms with E-state index in [0.29, 0.717) is 0 Å². The van der Waals surface area contributed by atoms with Crippen molar-refractivity contribution < 1.29 is 0 Å². The summed E-state index contributed by atoms with van der Waals surface area (Å²) in [6, 6.07) is 4.04. The molecule has 0 radical (unpaired) electrons. The Morgan fingerprint density at radius 1 is 1.08 bits per heavy atom. The van der Waals surface area contributed by atoms with Gasteiger partial charge in [-0.05, 0) is 31.1 Å². The largest absolute Gasteiger partial charge is 0.398 e. The summed E-state index contributed by atoms with van der Waals surface area (Å²) in [5, 5.41) is 0. The van der Waals surface area contributed by atoms with Gasteiger partial charge in [0.05, 0.1) is 0 Å². The van der Waals surface area contributed by atoms with E-state index in [-0.39, 0.29) is 0 Å². The van der Waals surface area contributed by atoms with E-state index in [1.165, 1.54) is 15.4 Å². The molecule has 0 amide bonds. The Bertz CT molecular complexity index is 255. The molecule has 0 aliphatic rings. The fourth-order valence-corrected chi connectivity index (χ4v) is 2.98. The third-order valence-electron chi connectivity index (χ3n) is 1.75. The Hall–Kier alpha value is -0.280. The molecule has 0 bridgehead atoms.